The van der Waals surface area contributed by atoms with Gasteiger partial charge in [0.25, 0.3) is 0 Å². The zero-order valence-corrected chi connectivity index (χ0v) is 12.3. The molecule has 0 aromatic heterocycles. The quantitative estimate of drug-likeness (QED) is 0.867. The number of hydrogen-bond acceptors (Lipinski definition) is 3. The Bertz CT molecular complexity index is 483. The first-order chi connectivity index (χ1) is 9.37. The van der Waals surface area contributed by atoms with Gasteiger partial charge in [0.15, 0.2) is 5.54 Å². The Balaban J connectivity index is 3.25. The topological polar surface area (TPSA) is 66.8 Å². The third kappa shape index (κ3) is 2.92. The summed E-state index contributed by atoms with van der Waals surface area (Å²) in [4.78, 5) is 24.8. The van der Waals surface area contributed by atoms with Crippen molar-refractivity contribution in [3.05, 3.63) is 29.8 Å². The Morgan fingerprint density at radius 1 is 1.25 bits per heavy atom. The number of carboxylic acids is 1. The molecule has 1 unspecified atom stereocenters. The zero-order valence-electron chi connectivity index (χ0n) is 12.3. The maximum absolute atomic E-state index is 11.7. The number of likely N-dealkylation sites (N-methyl/N-ethyl adjacent to an activating group) is 1. The second-order valence-corrected chi connectivity index (χ2v) is 4.60. The van der Waals surface area contributed by atoms with Crippen LogP contribution >= 0.6 is 0 Å². The molecule has 1 N–H and O–H groups in total. The van der Waals surface area contributed by atoms with E-state index in [9.17, 15) is 14.7 Å². The molecular formula is C15H21NO4. The molecule has 1 amide bonds. The van der Waals surface area contributed by atoms with Crippen LogP contribution in [0.15, 0.2) is 24.3 Å². The van der Waals surface area contributed by atoms with Crippen LogP contribution in [-0.4, -0.2) is 35.0 Å². The van der Waals surface area contributed by atoms with E-state index in [4.69, 9.17) is 4.74 Å². The van der Waals surface area contributed by atoms with E-state index < -0.39 is 11.5 Å². The smallest absolute Gasteiger partial charge is 0.334 e. The van der Waals surface area contributed by atoms with Gasteiger partial charge in [-0.05, 0) is 38.5 Å². The number of amides is 1. The minimum absolute atomic E-state index is 0.272. The SMILES string of the molecule is CCOc1ccc(C(C)(C(=O)O)N(CC)C(C)=O)cc1. The first kappa shape index (κ1) is 16.0. The number of aliphatic carboxylic acids is 1. The van der Waals surface area contributed by atoms with E-state index in [1.807, 2.05) is 6.92 Å². The lowest BCUT2D eigenvalue weighted by molar-refractivity contribution is -0.158. The fourth-order valence-electron chi connectivity index (χ4n) is 2.29. The molecule has 1 aromatic rings. The molecule has 0 aliphatic heterocycles. The van der Waals surface area contributed by atoms with E-state index >= 15 is 0 Å². The standard InChI is InChI=1S/C15H21NO4/c1-5-16(11(3)17)15(4,14(18)19)12-7-9-13(10-8-12)20-6-2/h7-10H,5-6H2,1-4H3,(H,18,19). The van der Waals surface area contributed by atoms with Crippen LogP contribution in [0.3, 0.4) is 0 Å². The molecule has 0 spiro atoms. The van der Waals surface area contributed by atoms with Gasteiger partial charge in [-0.25, -0.2) is 4.79 Å². The number of carbonyl (C=O) groups excluding carboxylic acids is 1. The van der Waals surface area contributed by atoms with Crippen molar-refractivity contribution in [1.29, 1.82) is 0 Å². The predicted octanol–water partition coefficient (Wildman–Crippen LogP) is 2.25. The molecule has 5 heteroatoms. The van der Waals surface area contributed by atoms with Gasteiger partial charge in [0.1, 0.15) is 5.75 Å². The van der Waals surface area contributed by atoms with E-state index in [1.54, 1.807) is 31.2 Å². The lowest BCUT2D eigenvalue weighted by atomic mass is 9.89. The predicted molar refractivity (Wildman–Crippen MR) is 75.7 cm³/mol. The van der Waals surface area contributed by atoms with Crippen LogP contribution < -0.4 is 4.74 Å². The largest absolute Gasteiger partial charge is 0.494 e. The molecule has 1 aromatic carbocycles. The van der Waals surface area contributed by atoms with Gasteiger partial charge in [-0.1, -0.05) is 12.1 Å². The minimum Gasteiger partial charge on any atom is -0.494 e. The summed E-state index contributed by atoms with van der Waals surface area (Å²) in [6, 6.07) is 6.80. The van der Waals surface area contributed by atoms with Crippen molar-refractivity contribution in [3.63, 3.8) is 0 Å². The number of carbonyl (C=O) groups is 2. The molecule has 0 saturated carbocycles. The third-order valence-electron chi connectivity index (χ3n) is 3.38. The van der Waals surface area contributed by atoms with Gasteiger partial charge in [0.05, 0.1) is 6.61 Å². The average molecular weight is 279 g/mol. The summed E-state index contributed by atoms with van der Waals surface area (Å²) in [6.45, 7) is 7.42. The highest BCUT2D eigenvalue weighted by atomic mass is 16.5. The van der Waals surface area contributed by atoms with Gasteiger partial charge in [-0.3, -0.25) is 4.79 Å². The molecule has 0 saturated heterocycles. The second kappa shape index (κ2) is 6.41. The van der Waals surface area contributed by atoms with Crippen molar-refractivity contribution in [2.75, 3.05) is 13.2 Å². The number of ether oxygens (including phenoxy) is 1. The molecule has 1 rings (SSSR count). The minimum atomic E-state index is -1.38. The third-order valence-corrected chi connectivity index (χ3v) is 3.38. The second-order valence-electron chi connectivity index (χ2n) is 4.60. The highest BCUT2D eigenvalue weighted by molar-refractivity contribution is 5.87. The molecule has 1 atom stereocenters. The lowest BCUT2D eigenvalue weighted by Crippen LogP contribution is -2.51. The van der Waals surface area contributed by atoms with E-state index in [1.165, 1.54) is 18.7 Å². The Labute approximate surface area is 119 Å². The van der Waals surface area contributed by atoms with Crippen molar-refractivity contribution in [2.24, 2.45) is 0 Å². The number of benzene rings is 1. The molecule has 0 radical (unpaired) electrons. The fourth-order valence-corrected chi connectivity index (χ4v) is 2.29. The first-order valence-corrected chi connectivity index (χ1v) is 6.62. The average Bonchev–Trinajstić information content (AvgIpc) is 2.39. The van der Waals surface area contributed by atoms with Crippen molar-refractivity contribution in [2.45, 2.75) is 33.2 Å². The molecule has 0 aliphatic rings. The Hall–Kier alpha value is -2.04. The number of carboxylic acid groups (broad SMARTS) is 1. The van der Waals surface area contributed by atoms with Gasteiger partial charge < -0.3 is 14.7 Å². The molecule has 5 nitrogen and oxygen atoms in total. The maximum Gasteiger partial charge on any atom is 0.334 e. The van der Waals surface area contributed by atoms with Crippen LogP contribution in [0.2, 0.25) is 0 Å². The Morgan fingerprint density at radius 2 is 1.80 bits per heavy atom. The Kier molecular flexibility index (Phi) is 5.13. The summed E-state index contributed by atoms with van der Waals surface area (Å²) in [7, 11) is 0. The lowest BCUT2D eigenvalue weighted by Gasteiger charge is -2.37. The Morgan fingerprint density at radius 3 is 2.15 bits per heavy atom. The maximum atomic E-state index is 11.7. The van der Waals surface area contributed by atoms with Gasteiger partial charge in [-0.2, -0.15) is 0 Å². The number of hydrogen-bond donors (Lipinski definition) is 1. The van der Waals surface area contributed by atoms with Crippen LogP contribution in [0.1, 0.15) is 33.3 Å². The van der Waals surface area contributed by atoms with E-state index in [0.717, 1.165) is 0 Å². The van der Waals surface area contributed by atoms with Crippen molar-refractivity contribution >= 4 is 11.9 Å². The fraction of sp³-hybridized carbons (Fsp3) is 0.467. The summed E-state index contributed by atoms with van der Waals surface area (Å²) in [5.74, 6) is -0.653. The van der Waals surface area contributed by atoms with Crippen LogP contribution in [0.4, 0.5) is 0 Å². The van der Waals surface area contributed by atoms with Crippen LogP contribution in [0.25, 0.3) is 0 Å². The molecule has 0 bridgehead atoms. The van der Waals surface area contributed by atoms with Crippen LogP contribution in [-0.2, 0) is 15.1 Å². The molecule has 20 heavy (non-hydrogen) atoms. The van der Waals surface area contributed by atoms with Gasteiger partial charge >= 0.3 is 5.97 Å². The summed E-state index contributed by atoms with van der Waals surface area (Å²) in [5.41, 5.74) is -0.837. The molecule has 0 aliphatic carbocycles. The highest BCUT2D eigenvalue weighted by Crippen LogP contribution is 2.30. The summed E-state index contributed by atoms with van der Waals surface area (Å²) in [5, 5.41) is 9.58. The zero-order chi connectivity index (χ0) is 15.3. The number of nitrogens with zero attached hydrogens (tertiary/aromatic N) is 1. The van der Waals surface area contributed by atoms with E-state index in [0.29, 0.717) is 24.5 Å². The van der Waals surface area contributed by atoms with Crippen molar-refractivity contribution in [3.8, 4) is 5.75 Å². The van der Waals surface area contributed by atoms with Crippen molar-refractivity contribution < 1.29 is 19.4 Å². The molecule has 0 heterocycles. The van der Waals surface area contributed by atoms with Crippen LogP contribution in [0, 0.1) is 0 Å². The normalized spacial score (nSPS) is 13.4. The van der Waals surface area contributed by atoms with Gasteiger partial charge in [-0.15, -0.1) is 0 Å². The number of rotatable bonds is 6. The van der Waals surface area contributed by atoms with E-state index in [-0.39, 0.29) is 5.91 Å². The molecule has 0 fully saturated rings. The molecular weight excluding hydrogens is 258 g/mol. The summed E-state index contributed by atoms with van der Waals surface area (Å²) < 4.78 is 5.34. The first-order valence-electron chi connectivity index (χ1n) is 6.62. The van der Waals surface area contributed by atoms with Crippen LogP contribution in [0.5, 0.6) is 5.75 Å². The monoisotopic (exact) mass is 279 g/mol. The van der Waals surface area contributed by atoms with Crippen molar-refractivity contribution in [1.82, 2.24) is 4.90 Å². The van der Waals surface area contributed by atoms with Gasteiger partial charge in [0.2, 0.25) is 5.91 Å². The molecule has 110 valence electrons. The summed E-state index contributed by atoms with van der Waals surface area (Å²) in [6.07, 6.45) is 0. The van der Waals surface area contributed by atoms with Gasteiger partial charge in [0, 0.05) is 13.5 Å². The summed E-state index contributed by atoms with van der Waals surface area (Å²) >= 11 is 0. The highest BCUT2D eigenvalue weighted by Gasteiger charge is 2.42. The van der Waals surface area contributed by atoms with E-state index in [2.05, 4.69) is 0 Å².